The maximum atomic E-state index is 4.47. The van der Waals surface area contributed by atoms with Crippen molar-refractivity contribution in [1.29, 1.82) is 0 Å². The number of thiazole rings is 1. The largest absolute Gasteiger partial charge is 0.315 e. The lowest BCUT2D eigenvalue weighted by Crippen LogP contribution is -2.32. The van der Waals surface area contributed by atoms with Crippen LogP contribution < -0.4 is 5.32 Å². The molecule has 3 nitrogen and oxygen atoms in total. The lowest BCUT2D eigenvalue weighted by atomic mass is 10.2. The van der Waals surface area contributed by atoms with Gasteiger partial charge in [-0.1, -0.05) is 0 Å². The van der Waals surface area contributed by atoms with Gasteiger partial charge in [0, 0.05) is 24.0 Å². The number of nitrogens with zero attached hydrogens (tertiary/aromatic N) is 2. The van der Waals surface area contributed by atoms with Crippen LogP contribution in [-0.2, 0) is 6.54 Å². The van der Waals surface area contributed by atoms with Crippen LogP contribution in [0, 0.1) is 13.8 Å². The first-order chi connectivity index (χ1) is 7.16. The van der Waals surface area contributed by atoms with Gasteiger partial charge < -0.3 is 5.32 Å². The third kappa shape index (κ3) is 2.56. The number of hydrogen-bond acceptors (Lipinski definition) is 4. The van der Waals surface area contributed by atoms with Crippen molar-refractivity contribution in [2.24, 2.45) is 0 Å². The molecule has 0 aliphatic carbocycles. The number of aryl methyl sites for hydroxylation is 2. The Morgan fingerprint density at radius 3 is 2.87 bits per heavy atom. The molecule has 1 aromatic rings. The first-order valence-corrected chi connectivity index (χ1v) is 6.32. The summed E-state index contributed by atoms with van der Waals surface area (Å²) in [6.07, 6.45) is 1.27. The molecule has 15 heavy (non-hydrogen) atoms. The number of likely N-dealkylation sites (N-methyl/N-ethyl adjacent to an activating group) is 1. The second kappa shape index (κ2) is 4.60. The Morgan fingerprint density at radius 2 is 2.33 bits per heavy atom. The third-order valence-electron chi connectivity index (χ3n) is 3.05. The standard InChI is InChI=1S/C11H19N3S/c1-8-11(15-9(2)13-8)7-14(3)10-4-5-12-6-10/h10,12H,4-7H2,1-3H3. The van der Waals surface area contributed by atoms with Gasteiger partial charge in [-0.05, 0) is 33.9 Å². The summed E-state index contributed by atoms with van der Waals surface area (Å²) in [5.74, 6) is 0. The highest BCUT2D eigenvalue weighted by atomic mass is 32.1. The molecule has 0 spiro atoms. The molecular formula is C11H19N3S. The summed E-state index contributed by atoms with van der Waals surface area (Å²) in [5, 5.41) is 4.59. The first kappa shape index (κ1) is 11.0. The van der Waals surface area contributed by atoms with Gasteiger partial charge in [0.15, 0.2) is 0 Å². The van der Waals surface area contributed by atoms with Crippen LogP contribution in [0.5, 0.6) is 0 Å². The van der Waals surface area contributed by atoms with Crippen molar-refractivity contribution < 1.29 is 0 Å². The highest BCUT2D eigenvalue weighted by molar-refractivity contribution is 7.11. The minimum atomic E-state index is 0.701. The summed E-state index contributed by atoms with van der Waals surface area (Å²) in [6.45, 7) is 7.53. The molecule has 1 fully saturated rings. The number of nitrogens with one attached hydrogen (secondary N) is 1. The van der Waals surface area contributed by atoms with Crippen LogP contribution in [0.25, 0.3) is 0 Å². The average molecular weight is 225 g/mol. The summed E-state index contributed by atoms with van der Waals surface area (Å²) in [7, 11) is 2.21. The summed E-state index contributed by atoms with van der Waals surface area (Å²) in [6, 6.07) is 0.701. The molecule has 1 saturated heterocycles. The fraction of sp³-hybridized carbons (Fsp3) is 0.727. The van der Waals surface area contributed by atoms with Crippen LogP contribution in [0.15, 0.2) is 0 Å². The Balaban J connectivity index is 1.98. The zero-order valence-electron chi connectivity index (χ0n) is 9.71. The van der Waals surface area contributed by atoms with Gasteiger partial charge in [-0.3, -0.25) is 4.90 Å². The molecule has 84 valence electrons. The molecule has 1 unspecified atom stereocenters. The number of aromatic nitrogens is 1. The van der Waals surface area contributed by atoms with E-state index in [0.29, 0.717) is 6.04 Å². The zero-order valence-corrected chi connectivity index (χ0v) is 10.5. The Bertz CT molecular complexity index is 329. The van der Waals surface area contributed by atoms with Crippen LogP contribution in [0.3, 0.4) is 0 Å². The van der Waals surface area contributed by atoms with Gasteiger partial charge in [0.05, 0.1) is 10.7 Å². The minimum absolute atomic E-state index is 0.701. The molecule has 0 radical (unpaired) electrons. The van der Waals surface area contributed by atoms with Crippen molar-refractivity contribution in [3.05, 3.63) is 15.6 Å². The lowest BCUT2D eigenvalue weighted by Gasteiger charge is -2.22. The van der Waals surface area contributed by atoms with E-state index in [4.69, 9.17) is 0 Å². The molecule has 4 heteroatoms. The van der Waals surface area contributed by atoms with Gasteiger partial charge in [-0.25, -0.2) is 4.98 Å². The van der Waals surface area contributed by atoms with Crippen molar-refractivity contribution in [1.82, 2.24) is 15.2 Å². The molecule has 2 heterocycles. The smallest absolute Gasteiger partial charge is 0.0900 e. The summed E-state index contributed by atoms with van der Waals surface area (Å²) in [5.41, 5.74) is 1.20. The van der Waals surface area contributed by atoms with Crippen LogP contribution in [-0.4, -0.2) is 36.1 Å². The molecule has 1 N–H and O–H groups in total. The molecule has 1 atom stereocenters. The highest BCUT2D eigenvalue weighted by Gasteiger charge is 2.20. The quantitative estimate of drug-likeness (QED) is 0.846. The van der Waals surface area contributed by atoms with Crippen molar-refractivity contribution >= 4 is 11.3 Å². The van der Waals surface area contributed by atoms with Gasteiger partial charge in [0.1, 0.15) is 0 Å². The highest BCUT2D eigenvalue weighted by Crippen LogP contribution is 2.20. The van der Waals surface area contributed by atoms with Gasteiger partial charge in [-0.15, -0.1) is 11.3 Å². The maximum absolute atomic E-state index is 4.47. The fourth-order valence-electron chi connectivity index (χ4n) is 2.09. The van der Waals surface area contributed by atoms with Gasteiger partial charge in [0.25, 0.3) is 0 Å². The summed E-state index contributed by atoms with van der Waals surface area (Å²) < 4.78 is 0. The Hall–Kier alpha value is -0.450. The molecule has 0 aromatic carbocycles. The van der Waals surface area contributed by atoms with E-state index in [1.165, 1.54) is 22.0 Å². The monoisotopic (exact) mass is 225 g/mol. The van der Waals surface area contributed by atoms with Crippen LogP contribution >= 0.6 is 11.3 Å². The second-order valence-electron chi connectivity index (χ2n) is 4.30. The Labute approximate surface area is 95.5 Å². The SMILES string of the molecule is Cc1nc(C)c(CN(C)C2CCNC2)s1. The Morgan fingerprint density at radius 1 is 1.53 bits per heavy atom. The molecule has 2 rings (SSSR count). The molecule has 1 aromatic heterocycles. The van der Waals surface area contributed by atoms with Gasteiger partial charge >= 0.3 is 0 Å². The van der Waals surface area contributed by atoms with E-state index in [0.717, 1.165) is 19.6 Å². The van der Waals surface area contributed by atoms with Gasteiger partial charge in [0.2, 0.25) is 0 Å². The van der Waals surface area contributed by atoms with Gasteiger partial charge in [-0.2, -0.15) is 0 Å². The predicted molar refractivity (Wildman–Crippen MR) is 64.3 cm³/mol. The predicted octanol–water partition coefficient (Wildman–Crippen LogP) is 1.55. The van der Waals surface area contributed by atoms with Crippen molar-refractivity contribution in [3.63, 3.8) is 0 Å². The molecule has 1 aliphatic heterocycles. The van der Waals surface area contributed by atoms with E-state index in [9.17, 15) is 0 Å². The fourth-order valence-corrected chi connectivity index (χ4v) is 3.09. The molecule has 1 aliphatic rings. The first-order valence-electron chi connectivity index (χ1n) is 5.50. The second-order valence-corrected chi connectivity index (χ2v) is 5.59. The number of hydrogen-bond donors (Lipinski definition) is 1. The zero-order chi connectivity index (χ0) is 10.8. The van der Waals surface area contributed by atoms with E-state index < -0.39 is 0 Å². The topological polar surface area (TPSA) is 28.2 Å². The van der Waals surface area contributed by atoms with E-state index in [1.54, 1.807) is 0 Å². The Kier molecular flexibility index (Phi) is 3.38. The van der Waals surface area contributed by atoms with Crippen LogP contribution in [0.2, 0.25) is 0 Å². The lowest BCUT2D eigenvalue weighted by molar-refractivity contribution is 0.250. The summed E-state index contributed by atoms with van der Waals surface area (Å²) >= 11 is 1.83. The summed E-state index contributed by atoms with van der Waals surface area (Å²) in [4.78, 5) is 8.33. The molecule has 0 amide bonds. The van der Waals surface area contributed by atoms with E-state index in [2.05, 4.69) is 36.1 Å². The van der Waals surface area contributed by atoms with E-state index in [1.807, 2.05) is 11.3 Å². The van der Waals surface area contributed by atoms with Crippen LogP contribution in [0.1, 0.15) is 22.0 Å². The van der Waals surface area contributed by atoms with Crippen molar-refractivity contribution in [3.8, 4) is 0 Å². The van der Waals surface area contributed by atoms with Crippen molar-refractivity contribution in [2.75, 3.05) is 20.1 Å². The number of rotatable bonds is 3. The van der Waals surface area contributed by atoms with E-state index in [-0.39, 0.29) is 0 Å². The molecule has 0 bridgehead atoms. The maximum Gasteiger partial charge on any atom is 0.0900 e. The van der Waals surface area contributed by atoms with Crippen molar-refractivity contribution in [2.45, 2.75) is 32.9 Å². The average Bonchev–Trinajstić information content (AvgIpc) is 2.76. The minimum Gasteiger partial charge on any atom is -0.315 e. The van der Waals surface area contributed by atoms with Crippen LogP contribution in [0.4, 0.5) is 0 Å². The molecule has 0 saturated carbocycles. The van der Waals surface area contributed by atoms with E-state index >= 15 is 0 Å². The third-order valence-corrected chi connectivity index (χ3v) is 4.11. The molecular weight excluding hydrogens is 206 g/mol. The normalized spacial score (nSPS) is 21.5.